The molecule has 2 rings (SSSR count). The fraction of sp³-hybridized carbons (Fsp3) is 0.100. The van der Waals surface area contributed by atoms with E-state index < -0.39 is 0 Å². The summed E-state index contributed by atoms with van der Waals surface area (Å²) in [6.07, 6.45) is 3.34. The molecule has 0 amide bonds. The number of rotatable bonds is 2. The molecule has 0 aliphatic heterocycles. The van der Waals surface area contributed by atoms with Crippen LogP contribution in [-0.4, -0.2) is 14.8 Å². The van der Waals surface area contributed by atoms with Crippen LogP contribution in [0, 0.1) is 0 Å². The van der Waals surface area contributed by atoms with Crippen molar-refractivity contribution in [3.63, 3.8) is 0 Å². The number of nitrogens with zero attached hydrogens (tertiary/aromatic N) is 3. The fourth-order valence-corrected chi connectivity index (χ4v) is 1.18. The molecule has 0 aliphatic carbocycles. The van der Waals surface area contributed by atoms with E-state index in [1.165, 1.54) is 6.07 Å². The molecule has 0 saturated heterocycles. The maximum Gasteiger partial charge on any atom is 0.250 e. The van der Waals surface area contributed by atoms with Gasteiger partial charge in [-0.15, -0.1) is 0 Å². The van der Waals surface area contributed by atoms with Crippen LogP contribution in [0.4, 0.5) is 0 Å². The second-order valence-corrected chi connectivity index (χ2v) is 2.88. The van der Waals surface area contributed by atoms with Crippen LogP contribution >= 0.6 is 0 Å². The molecule has 70 valence electrons. The van der Waals surface area contributed by atoms with E-state index in [0.29, 0.717) is 6.54 Å². The molecule has 0 N–H and O–H groups in total. The number of aromatic nitrogens is 3. The van der Waals surface area contributed by atoms with Gasteiger partial charge in [-0.1, -0.05) is 6.07 Å². The molecular formula is C10H9N3O. The molecule has 0 bridgehead atoms. The largest absolute Gasteiger partial charge is 0.309 e. The Balaban J connectivity index is 2.28. The van der Waals surface area contributed by atoms with E-state index in [2.05, 4.69) is 10.2 Å². The monoisotopic (exact) mass is 187 g/mol. The predicted octanol–water partition coefficient (Wildman–Crippen LogP) is 0.687. The van der Waals surface area contributed by atoms with Gasteiger partial charge in [0.1, 0.15) is 0 Å². The molecule has 0 fully saturated rings. The summed E-state index contributed by atoms with van der Waals surface area (Å²) in [4.78, 5) is 11.3. The minimum atomic E-state index is -0.0295. The smallest absolute Gasteiger partial charge is 0.250 e. The average Bonchev–Trinajstić information content (AvgIpc) is 2.23. The predicted molar refractivity (Wildman–Crippen MR) is 51.8 cm³/mol. The van der Waals surface area contributed by atoms with E-state index >= 15 is 0 Å². The summed E-state index contributed by atoms with van der Waals surface area (Å²) < 4.78 is 1.59. The van der Waals surface area contributed by atoms with Crippen molar-refractivity contribution >= 4 is 0 Å². The molecule has 0 spiro atoms. The zero-order valence-corrected chi connectivity index (χ0v) is 7.50. The van der Waals surface area contributed by atoms with Gasteiger partial charge >= 0.3 is 0 Å². The third-order valence-corrected chi connectivity index (χ3v) is 1.86. The minimum Gasteiger partial charge on any atom is -0.309 e. The Kier molecular flexibility index (Phi) is 2.36. The molecule has 2 aromatic rings. The number of hydrogen-bond donors (Lipinski definition) is 0. The normalized spacial score (nSPS) is 10.0. The highest BCUT2D eigenvalue weighted by molar-refractivity contribution is 5.02. The SMILES string of the molecule is O=c1ccccn1Cc1cccnn1. The summed E-state index contributed by atoms with van der Waals surface area (Å²) in [6, 6.07) is 8.70. The van der Waals surface area contributed by atoms with Gasteiger partial charge in [0.25, 0.3) is 5.56 Å². The number of pyridine rings is 1. The average molecular weight is 187 g/mol. The zero-order chi connectivity index (χ0) is 9.80. The van der Waals surface area contributed by atoms with E-state index in [-0.39, 0.29) is 5.56 Å². The molecule has 4 heteroatoms. The van der Waals surface area contributed by atoms with Gasteiger partial charge in [0.2, 0.25) is 0 Å². The molecule has 0 aliphatic rings. The van der Waals surface area contributed by atoms with Crippen LogP contribution in [0.5, 0.6) is 0 Å². The Morgan fingerprint density at radius 3 is 2.86 bits per heavy atom. The lowest BCUT2D eigenvalue weighted by atomic mass is 10.3. The van der Waals surface area contributed by atoms with E-state index in [9.17, 15) is 4.79 Å². The fourth-order valence-electron chi connectivity index (χ4n) is 1.18. The van der Waals surface area contributed by atoms with E-state index in [1.54, 1.807) is 29.1 Å². The highest BCUT2D eigenvalue weighted by Crippen LogP contribution is 1.93. The maximum absolute atomic E-state index is 11.3. The van der Waals surface area contributed by atoms with Crippen LogP contribution in [0.3, 0.4) is 0 Å². The third kappa shape index (κ3) is 1.85. The first-order chi connectivity index (χ1) is 6.86. The van der Waals surface area contributed by atoms with Gasteiger partial charge in [-0.25, -0.2) is 0 Å². The Hall–Kier alpha value is -1.97. The van der Waals surface area contributed by atoms with Crippen LogP contribution in [0.15, 0.2) is 47.5 Å². The lowest BCUT2D eigenvalue weighted by Gasteiger charge is -2.02. The molecular weight excluding hydrogens is 178 g/mol. The first-order valence-corrected chi connectivity index (χ1v) is 4.28. The summed E-state index contributed by atoms with van der Waals surface area (Å²) in [6.45, 7) is 0.466. The topological polar surface area (TPSA) is 47.8 Å². The molecule has 2 heterocycles. The molecule has 0 unspecified atom stereocenters. The van der Waals surface area contributed by atoms with Crippen molar-refractivity contribution in [2.45, 2.75) is 6.54 Å². The van der Waals surface area contributed by atoms with E-state index in [0.717, 1.165) is 5.69 Å². The van der Waals surface area contributed by atoms with Crippen LogP contribution in [0.25, 0.3) is 0 Å². The van der Waals surface area contributed by atoms with Gasteiger partial charge in [-0.2, -0.15) is 10.2 Å². The van der Waals surface area contributed by atoms with Crippen molar-refractivity contribution in [3.8, 4) is 0 Å². The van der Waals surface area contributed by atoms with E-state index in [1.807, 2.05) is 12.1 Å². The molecule has 2 aromatic heterocycles. The van der Waals surface area contributed by atoms with Crippen LogP contribution in [0.1, 0.15) is 5.69 Å². The van der Waals surface area contributed by atoms with Crippen molar-refractivity contribution in [2.24, 2.45) is 0 Å². The zero-order valence-electron chi connectivity index (χ0n) is 7.50. The van der Waals surface area contributed by atoms with Crippen molar-refractivity contribution in [3.05, 3.63) is 58.8 Å². The van der Waals surface area contributed by atoms with Crippen molar-refractivity contribution in [1.82, 2.24) is 14.8 Å². The van der Waals surface area contributed by atoms with Gasteiger partial charge in [-0.3, -0.25) is 4.79 Å². The van der Waals surface area contributed by atoms with Crippen molar-refractivity contribution in [2.75, 3.05) is 0 Å². The summed E-state index contributed by atoms with van der Waals surface area (Å²) in [7, 11) is 0. The first kappa shape index (κ1) is 8.62. The molecule has 0 saturated carbocycles. The highest BCUT2D eigenvalue weighted by atomic mass is 16.1. The third-order valence-electron chi connectivity index (χ3n) is 1.86. The lowest BCUT2D eigenvalue weighted by molar-refractivity contribution is 0.723. The first-order valence-electron chi connectivity index (χ1n) is 4.28. The van der Waals surface area contributed by atoms with Crippen LogP contribution < -0.4 is 5.56 Å². The maximum atomic E-state index is 11.3. The molecule has 0 radical (unpaired) electrons. The minimum absolute atomic E-state index is 0.0295. The summed E-state index contributed by atoms with van der Waals surface area (Å²) in [5, 5.41) is 7.65. The Bertz CT molecular complexity index is 464. The Morgan fingerprint density at radius 2 is 2.14 bits per heavy atom. The molecule has 14 heavy (non-hydrogen) atoms. The summed E-state index contributed by atoms with van der Waals surface area (Å²) in [5.41, 5.74) is 0.749. The van der Waals surface area contributed by atoms with Gasteiger partial charge in [0, 0.05) is 18.5 Å². The van der Waals surface area contributed by atoms with Gasteiger partial charge in [-0.05, 0) is 18.2 Å². The van der Waals surface area contributed by atoms with Crippen molar-refractivity contribution < 1.29 is 0 Å². The standard InChI is InChI=1S/C10H9N3O/c14-10-5-1-2-7-13(10)8-9-4-3-6-11-12-9/h1-7H,8H2. The highest BCUT2D eigenvalue weighted by Gasteiger charge is 1.96. The van der Waals surface area contributed by atoms with Crippen LogP contribution in [-0.2, 0) is 6.54 Å². The lowest BCUT2D eigenvalue weighted by Crippen LogP contribution is -2.18. The Morgan fingerprint density at radius 1 is 1.21 bits per heavy atom. The van der Waals surface area contributed by atoms with Crippen molar-refractivity contribution in [1.29, 1.82) is 0 Å². The molecule has 4 nitrogen and oxygen atoms in total. The van der Waals surface area contributed by atoms with E-state index in [4.69, 9.17) is 0 Å². The van der Waals surface area contributed by atoms with Crippen LogP contribution in [0.2, 0.25) is 0 Å². The Labute approximate surface area is 80.9 Å². The van der Waals surface area contributed by atoms with Gasteiger partial charge in [0.05, 0.1) is 12.2 Å². The van der Waals surface area contributed by atoms with Gasteiger partial charge < -0.3 is 4.57 Å². The second-order valence-electron chi connectivity index (χ2n) is 2.88. The van der Waals surface area contributed by atoms with Gasteiger partial charge in [0.15, 0.2) is 0 Å². The number of hydrogen-bond acceptors (Lipinski definition) is 3. The second kappa shape index (κ2) is 3.83. The summed E-state index contributed by atoms with van der Waals surface area (Å²) in [5.74, 6) is 0. The summed E-state index contributed by atoms with van der Waals surface area (Å²) >= 11 is 0. The molecule has 0 aromatic carbocycles. The quantitative estimate of drug-likeness (QED) is 0.694. The molecule has 0 atom stereocenters.